The van der Waals surface area contributed by atoms with Gasteiger partial charge in [0.1, 0.15) is 0 Å². The number of nitrogens with zero attached hydrogens (tertiary/aromatic N) is 3. The predicted octanol–water partition coefficient (Wildman–Crippen LogP) is 0.910. The second-order valence-corrected chi connectivity index (χ2v) is 4.43. The number of hydrogen-bond donors (Lipinski definition) is 1. The smallest absolute Gasteiger partial charge is 0.0833 e. The maximum atomic E-state index is 9.43. The molecule has 2 rings (SSSR count). The lowest BCUT2D eigenvalue weighted by molar-refractivity contribution is 0.129. The minimum Gasteiger partial charge on any atom is -0.396 e. The summed E-state index contributed by atoms with van der Waals surface area (Å²) >= 11 is 0. The van der Waals surface area contributed by atoms with Crippen LogP contribution in [0, 0.1) is 5.41 Å². The molecule has 1 N–H and O–H groups in total. The first-order valence-electron chi connectivity index (χ1n) is 5.20. The van der Waals surface area contributed by atoms with Crippen molar-refractivity contribution < 1.29 is 5.11 Å². The van der Waals surface area contributed by atoms with E-state index in [1.54, 1.807) is 4.68 Å². The van der Waals surface area contributed by atoms with Crippen LogP contribution in [0.4, 0.5) is 0 Å². The molecule has 0 saturated heterocycles. The van der Waals surface area contributed by atoms with Gasteiger partial charge in [-0.2, -0.15) is 0 Å². The molecule has 4 heteroatoms. The Labute approximate surface area is 83.9 Å². The number of hydrogen-bond acceptors (Lipinski definition) is 3. The van der Waals surface area contributed by atoms with Crippen molar-refractivity contribution >= 4 is 0 Å². The number of aliphatic hydroxyl groups is 1. The number of aliphatic hydroxyl groups excluding tert-OH is 1. The summed E-state index contributed by atoms with van der Waals surface area (Å²) in [6.07, 6.45) is 7.54. The van der Waals surface area contributed by atoms with E-state index >= 15 is 0 Å². The molecule has 0 atom stereocenters. The van der Waals surface area contributed by atoms with Crippen molar-refractivity contribution in [1.29, 1.82) is 0 Å². The van der Waals surface area contributed by atoms with E-state index in [0.29, 0.717) is 0 Å². The third-order valence-corrected chi connectivity index (χ3v) is 3.21. The summed E-state index contributed by atoms with van der Waals surface area (Å²) in [5.74, 6) is 0. The van der Waals surface area contributed by atoms with Crippen LogP contribution in [-0.2, 0) is 13.5 Å². The lowest BCUT2D eigenvalue weighted by Crippen LogP contribution is -2.24. The van der Waals surface area contributed by atoms with Crippen molar-refractivity contribution in [3.8, 4) is 0 Å². The molecule has 1 aromatic heterocycles. The van der Waals surface area contributed by atoms with Gasteiger partial charge in [0.25, 0.3) is 0 Å². The zero-order valence-electron chi connectivity index (χ0n) is 8.61. The van der Waals surface area contributed by atoms with Gasteiger partial charge in [-0.3, -0.25) is 4.68 Å². The number of aromatic nitrogens is 3. The SMILES string of the molecule is Cn1cc(CC2(CO)CCCC2)nn1. The molecule has 0 radical (unpaired) electrons. The lowest BCUT2D eigenvalue weighted by Gasteiger charge is -2.24. The van der Waals surface area contributed by atoms with Gasteiger partial charge in [-0.1, -0.05) is 18.1 Å². The summed E-state index contributed by atoms with van der Waals surface area (Å²) < 4.78 is 1.72. The first kappa shape index (κ1) is 9.65. The highest BCUT2D eigenvalue weighted by molar-refractivity contribution is 5.00. The van der Waals surface area contributed by atoms with Crippen molar-refractivity contribution in [3.05, 3.63) is 11.9 Å². The molecule has 4 nitrogen and oxygen atoms in total. The second-order valence-electron chi connectivity index (χ2n) is 4.43. The molecule has 0 unspecified atom stereocenters. The summed E-state index contributed by atoms with van der Waals surface area (Å²) in [6.45, 7) is 0.281. The van der Waals surface area contributed by atoms with Crippen molar-refractivity contribution in [2.24, 2.45) is 12.5 Å². The second kappa shape index (κ2) is 3.69. The van der Waals surface area contributed by atoms with Crippen molar-refractivity contribution in [3.63, 3.8) is 0 Å². The van der Waals surface area contributed by atoms with Crippen LogP contribution in [0.2, 0.25) is 0 Å². The lowest BCUT2D eigenvalue weighted by atomic mass is 9.83. The fraction of sp³-hybridized carbons (Fsp3) is 0.800. The van der Waals surface area contributed by atoms with Gasteiger partial charge in [-0.25, -0.2) is 0 Å². The molecule has 1 aliphatic carbocycles. The minimum absolute atomic E-state index is 0.0933. The van der Waals surface area contributed by atoms with Crippen LogP contribution in [0.25, 0.3) is 0 Å². The molecule has 0 bridgehead atoms. The predicted molar refractivity (Wildman–Crippen MR) is 52.7 cm³/mol. The zero-order chi connectivity index (χ0) is 10.0. The maximum Gasteiger partial charge on any atom is 0.0833 e. The van der Waals surface area contributed by atoms with Crippen LogP contribution >= 0.6 is 0 Å². The first-order valence-corrected chi connectivity index (χ1v) is 5.20. The van der Waals surface area contributed by atoms with Gasteiger partial charge in [-0.15, -0.1) is 5.10 Å². The fourth-order valence-electron chi connectivity index (χ4n) is 2.38. The molecular weight excluding hydrogens is 178 g/mol. The Kier molecular flexibility index (Phi) is 2.54. The average Bonchev–Trinajstić information content (AvgIpc) is 2.77. The third-order valence-electron chi connectivity index (χ3n) is 3.21. The Morgan fingerprint density at radius 2 is 2.21 bits per heavy atom. The molecule has 1 saturated carbocycles. The standard InChI is InChI=1S/C10H17N3O/c1-13-7-9(11-12-13)6-10(8-14)4-2-3-5-10/h7,14H,2-6,8H2,1H3. The first-order chi connectivity index (χ1) is 6.74. The molecule has 0 aliphatic heterocycles. The van der Waals surface area contributed by atoms with E-state index in [2.05, 4.69) is 10.3 Å². The molecule has 0 aromatic carbocycles. The van der Waals surface area contributed by atoms with E-state index in [1.807, 2.05) is 13.2 Å². The maximum absolute atomic E-state index is 9.43. The molecule has 1 aliphatic rings. The number of aryl methyl sites for hydroxylation is 1. The quantitative estimate of drug-likeness (QED) is 0.780. The summed E-state index contributed by atoms with van der Waals surface area (Å²) in [6, 6.07) is 0. The minimum atomic E-state index is 0.0933. The van der Waals surface area contributed by atoms with Gasteiger partial charge < -0.3 is 5.11 Å². The van der Waals surface area contributed by atoms with Crippen molar-refractivity contribution in [1.82, 2.24) is 15.0 Å². The normalized spacial score (nSPS) is 20.1. The van der Waals surface area contributed by atoms with E-state index in [0.717, 1.165) is 25.0 Å². The molecule has 1 fully saturated rings. The Morgan fingerprint density at radius 3 is 2.71 bits per heavy atom. The summed E-state index contributed by atoms with van der Waals surface area (Å²) in [7, 11) is 1.87. The molecular formula is C10H17N3O. The summed E-state index contributed by atoms with van der Waals surface area (Å²) in [4.78, 5) is 0. The molecule has 78 valence electrons. The largest absolute Gasteiger partial charge is 0.396 e. The summed E-state index contributed by atoms with van der Waals surface area (Å²) in [5, 5.41) is 17.4. The monoisotopic (exact) mass is 195 g/mol. The van der Waals surface area contributed by atoms with Crippen LogP contribution in [0.3, 0.4) is 0 Å². The van der Waals surface area contributed by atoms with E-state index in [4.69, 9.17) is 0 Å². The molecule has 0 amide bonds. The van der Waals surface area contributed by atoms with Crippen molar-refractivity contribution in [2.75, 3.05) is 6.61 Å². The van der Waals surface area contributed by atoms with Gasteiger partial charge in [0.05, 0.1) is 5.69 Å². The van der Waals surface area contributed by atoms with E-state index in [1.165, 1.54) is 12.8 Å². The van der Waals surface area contributed by atoms with Gasteiger partial charge >= 0.3 is 0 Å². The summed E-state index contributed by atoms with van der Waals surface area (Å²) in [5.41, 5.74) is 1.10. The Balaban J connectivity index is 2.08. The topological polar surface area (TPSA) is 50.9 Å². The van der Waals surface area contributed by atoms with E-state index in [9.17, 15) is 5.11 Å². The van der Waals surface area contributed by atoms with Crippen LogP contribution < -0.4 is 0 Å². The third kappa shape index (κ3) is 1.80. The highest BCUT2D eigenvalue weighted by Gasteiger charge is 2.34. The van der Waals surface area contributed by atoms with Gasteiger partial charge in [-0.05, 0) is 18.3 Å². The Morgan fingerprint density at radius 1 is 1.50 bits per heavy atom. The molecule has 0 spiro atoms. The van der Waals surface area contributed by atoms with Crippen LogP contribution in [-0.4, -0.2) is 26.7 Å². The molecule has 1 aromatic rings. The Hall–Kier alpha value is -0.900. The van der Waals surface area contributed by atoms with E-state index < -0.39 is 0 Å². The van der Waals surface area contributed by atoms with Crippen LogP contribution in [0.15, 0.2) is 6.20 Å². The highest BCUT2D eigenvalue weighted by Crippen LogP contribution is 2.39. The highest BCUT2D eigenvalue weighted by atomic mass is 16.3. The van der Waals surface area contributed by atoms with Gasteiger partial charge in [0, 0.05) is 26.3 Å². The van der Waals surface area contributed by atoms with Gasteiger partial charge in [0.15, 0.2) is 0 Å². The number of rotatable bonds is 3. The Bertz CT molecular complexity index is 302. The van der Waals surface area contributed by atoms with Gasteiger partial charge in [0.2, 0.25) is 0 Å². The molecule has 14 heavy (non-hydrogen) atoms. The molecule has 1 heterocycles. The van der Waals surface area contributed by atoms with E-state index in [-0.39, 0.29) is 12.0 Å². The average molecular weight is 195 g/mol. The van der Waals surface area contributed by atoms with Crippen LogP contribution in [0.5, 0.6) is 0 Å². The van der Waals surface area contributed by atoms with Crippen molar-refractivity contribution in [2.45, 2.75) is 32.1 Å². The van der Waals surface area contributed by atoms with Crippen LogP contribution in [0.1, 0.15) is 31.4 Å². The fourth-order valence-corrected chi connectivity index (χ4v) is 2.38. The zero-order valence-corrected chi connectivity index (χ0v) is 8.61.